The van der Waals surface area contributed by atoms with Crippen LogP contribution < -0.4 is 0 Å². The van der Waals surface area contributed by atoms with Crippen molar-refractivity contribution in [1.82, 2.24) is 4.98 Å². The number of rotatable bonds is 6. The lowest BCUT2D eigenvalue weighted by Crippen LogP contribution is -2.28. The third kappa shape index (κ3) is 4.47. The number of hydrogen-bond donors (Lipinski definition) is 0. The van der Waals surface area contributed by atoms with E-state index in [1.807, 2.05) is 0 Å². The van der Waals surface area contributed by atoms with E-state index in [4.69, 9.17) is 0 Å². The second-order valence-electron chi connectivity index (χ2n) is 5.22. The zero-order valence-electron chi connectivity index (χ0n) is 14.6. The van der Waals surface area contributed by atoms with Gasteiger partial charge in [-0.05, 0) is 25.8 Å². The molecule has 146 valence electrons. The molecule has 0 atom stereocenters. The van der Waals surface area contributed by atoms with Gasteiger partial charge in [-0.3, -0.25) is 0 Å². The number of alkyl halides is 5. The third-order valence-electron chi connectivity index (χ3n) is 3.30. The van der Waals surface area contributed by atoms with Gasteiger partial charge in [0.05, 0.1) is 24.3 Å². The average molecular weight is 383 g/mol. The third-order valence-corrected chi connectivity index (χ3v) is 3.30. The minimum absolute atomic E-state index is 0.202. The van der Waals surface area contributed by atoms with Gasteiger partial charge in [-0.2, -0.15) is 22.0 Å². The van der Waals surface area contributed by atoms with Crippen molar-refractivity contribution in [3.05, 3.63) is 28.1 Å². The van der Waals surface area contributed by atoms with Crippen LogP contribution in [0.5, 0.6) is 0 Å². The Morgan fingerprint density at radius 2 is 1.31 bits per heavy atom. The van der Waals surface area contributed by atoms with Crippen molar-refractivity contribution < 1.29 is 41.0 Å². The van der Waals surface area contributed by atoms with Gasteiger partial charge in [0.15, 0.2) is 5.69 Å². The van der Waals surface area contributed by atoms with Crippen LogP contribution in [0.4, 0.5) is 22.0 Å². The summed E-state index contributed by atoms with van der Waals surface area (Å²) in [5.41, 5.74) is -5.66. The molecule has 1 heterocycles. The summed E-state index contributed by atoms with van der Waals surface area (Å²) in [5, 5.41) is 0. The van der Waals surface area contributed by atoms with Crippen molar-refractivity contribution in [2.24, 2.45) is 0 Å². The van der Waals surface area contributed by atoms with Gasteiger partial charge in [0, 0.05) is 6.92 Å². The van der Waals surface area contributed by atoms with Crippen molar-refractivity contribution in [2.75, 3.05) is 13.2 Å². The quantitative estimate of drug-likeness (QED) is 0.546. The topological polar surface area (TPSA) is 65.5 Å². The van der Waals surface area contributed by atoms with Crippen LogP contribution in [0.15, 0.2) is 0 Å². The normalized spacial score (nSPS) is 12.0. The van der Waals surface area contributed by atoms with Crippen LogP contribution in [-0.4, -0.2) is 30.1 Å². The van der Waals surface area contributed by atoms with Crippen LogP contribution in [0.1, 0.15) is 65.4 Å². The number of aromatic nitrogens is 1. The Morgan fingerprint density at radius 3 is 1.62 bits per heavy atom. The van der Waals surface area contributed by atoms with Gasteiger partial charge in [-0.25, -0.2) is 14.6 Å². The lowest BCUT2D eigenvalue weighted by atomic mass is 9.93. The zero-order valence-corrected chi connectivity index (χ0v) is 14.6. The molecule has 0 saturated carbocycles. The Morgan fingerprint density at radius 1 is 0.885 bits per heavy atom. The Hall–Kier alpha value is -2.26. The maximum absolute atomic E-state index is 13.9. The van der Waals surface area contributed by atoms with Gasteiger partial charge >= 0.3 is 18.1 Å². The largest absolute Gasteiger partial charge is 0.462 e. The molecule has 5 nitrogen and oxygen atoms in total. The summed E-state index contributed by atoms with van der Waals surface area (Å²) >= 11 is 0. The fourth-order valence-electron chi connectivity index (χ4n) is 2.36. The average Bonchev–Trinajstić information content (AvgIpc) is 2.51. The number of carbonyl (C=O) groups excluding carboxylic acids is 2. The van der Waals surface area contributed by atoms with E-state index in [0.29, 0.717) is 6.92 Å². The summed E-state index contributed by atoms with van der Waals surface area (Å²) in [6, 6.07) is 0. The van der Waals surface area contributed by atoms with Crippen LogP contribution in [0.3, 0.4) is 0 Å². The Balaban J connectivity index is 4.02. The minimum atomic E-state index is -5.21. The van der Waals surface area contributed by atoms with E-state index in [1.165, 1.54) is 20.8 Å². The van der Waals surface area contributed by atoms with Gasteiger partial charge in [0.25, 0.3) is 5.92 Å². The van der Waals surface area contributed by atoms with Gasteiger partial charge in [-0.15, -0.1) is 0 Å². The zero-order chi connectivity index (χ0) is 20.3. The second-order valence-corrected chi connectivity index (χ2v) is 5.22. The molecule has 1 rings (SSSR count). The van der Waals surface area contributed by atoms with E-state index < -0.39 is 52.1 Å². The van der Waals surface area contributed by atoms with Crippen molar-refractivity contribution >= 4 is 11.9 Å². The van der Waals surface area contributed by atoms with Crippen LogP contribution in [0.2, 0.25) is 0 Å². The fourth-order valence-corrected chi connectivity index (χ4v) is 2.36. The smallest absolute Gasteiger partial charge is 0.434 e. The second kappa shape index (κ2) is 7.96. The molecule has 10 heteroatoms. The number of carbonyl (C=O) groups is 2. The first-order valence-corrected chi connectivity index (χ1v) is 7.76. The molecule has 1 aromatic heterocycles. The van der Waals surface area contributed by atoms with Gasteiger partial charge in [-0.1, -0.05) is 6.92 Å². The van der Waals surface area contributed by atoms with Crippen molar-refractivity contribution in [2.45, 2.75) is 46.2 Å². The van der Waals surface area contributed by atoms with E-state index in [0.717, 1.165) is 0 Å². The SMILES string of the molecule is CCOC(=O)c1c(C(C)(F)F)nc(C(F)(F)F)c(C(=O)OCC)c1CC. The van der Waals surface area contributed by atoms with E-state index >= 15 is 0 Å². The van der Waals surface area contributed by atoms with E-state index in [9.17, 15) is 31.5 Å². The number of hydrogen-bond acceptors (Lipinski definition) is 5. The highest BCUT2D eigenvalue weighted by atomic mass is 19.4. The first-order valence-electron chi connectivity index (χ1n) is 7.76. The fraction of sp³-hybridized carbons (Fsp3) is 0.562. The molecule has 0 aliphatic carbocycles. The molecule has 0 radical (unpaired) electrons. The summed E-state index contributed by atoms with van der Waals surface area (Å²) in [5.74, 6) is -6.56. The lowest BCUT2D eigenvalue weighted by molar-refractivity contribution is -0.142. The molecule has 0 aliphatic rings. The number of pyridine rings is 1. The summed E-state index contributed by atoms with van der Waals surface area (Å²) in [7, 11) is 0. The predicted molar refractivity (Wildman–Crippen MR) is 80.1 cm³/mol. The summed E-state index contributed by atoms with van der Waals surface area (Å²) < 4.78 is 77.3. The van der Waals surface area contributed by atoms with Gasteiger partial charge < -0.3 is 9.47 Å². The number of esters is 2. The van der Waals surface area contributed by atoms with Crippen molar-refractivity contribution in [1.29, 1.82) is 0 Å². The summed E-state index contributed by atoms with van der Waals surface area (Å²) in [6.07, 6.45) is -5.53. The Labute approximate surface area is 146 Å². The standard InChI is InChI=1S/C16H18F5NO4/c1-5-8-9(13(23)25-6-2)11(15(4,17)18)22-12(16(19,20)21)10(8)14(24)26-7-3/h5-7H2,1-4H3. The maximum Gasteiger partial charge on any atom is 0.434 e. The van der Waals surface area contributed by atoms with E-state index in [1.54, 1.807) is 0 Å². The molecule has 0 unspecified atom stereocenters. The predicted octanol–water partition coefficient (Wildman–Crippen LogP) is 4.13. The van der Waals surface area contributed by atoms with Crippen molar-refractivity contribution in [3.63, 3.8) is 0 Å². The van der Waals surface area contributed by atoms with E-state index in [2.05, 4.69) is 14.5 Å². The molecule has 26 heavy (non-hydrogen) atoms. The lowest BCUT2D eigenvalue weighted by Gasteiger charge is -2.22. The first-order chi connectivity index (χ1) is 11.9. The minimum Gasteiger partial charge on any atom is -0.462 e. The monoisotopic (exact) mass is 383 g/mol. The van der Waals surface area contributed by atoms with Crippen LogP contribution in [0.25, 0.3) is 0 Å². The molecule has 0 bridgehead atoms. The summed E-state index contributed by atoms with van der Waals surface area (Å²) in [4.78, 5) is 27.2. The molecular weight excluding hydrogens is 365 g/mol. The molecule has 0 aliphatic heterocycles. The molecule has 0 spiro atoms. The van der Waals surface area contributed by atoms with Gasteiger partial charge in [0.1, 0.15) is 5.69 Å². The highest BCUT2D eigenvalue weighted by Crippen LogP contribution is 2.39. The molecule has 0 amide bonds. The van der Waals surface area contributed by atoms with Gasteiger partial charge in [0.2, 0.25) is 0 Å². The molecule has 0 fully saturated rings. The molecule has 1 aromatic rings. The van der Waals surface area contributed by atoms with Crippen LogP contribution in [-0.2, 0) is 28.0 Å². The number of nitrogens with zero attached hydrogens (tertiary/aromatic N) is 1. The van der Waals surface area contributed by atoms with Crippen molar-refractivity contribution in [3.8, 4) is 0 Å². The molecular formula is C16H18F5NO4. The highest BCUT2D eigenvalue weighted by Gasteiger charge is 2.45. The molecule has 0 saturated heterocycles. The van der Waals surface area contributed by atoms with Crippen LogP contribution >= 0.6 is 0 Å². The molecule has 0 aromatic carbocycles. The first kappa shape index (κ1) is 21.8. The Bertz CT molecular complexity index is 641. The Kier molecular flexibility index (Phi) is 6.67. The molecule has 0 N–H and O–H groups in total. The van der Waals surface area contributed by atoms with E-state index in [-0.39, 0.29) is 19.6 Å². The number of halogens is 5. The maximum atomic E-state index is 13.9. The summed E-state index contributed by atoms with van der Waals surface area (Å²) in [6.45, 7) is 3.94. The van der Waals surface area contributed by atoms with Crippen LogP contribution in [0, 0.1) is 0 Å². The highest BCUT2D eigenvalue weighted by molar-refractivity contribution is 5.99. The number of ether oxygens (including phenoxy) is 2.